The lowest BCUT2D eigenvalue weighted by molar-refractivity contribution is -0.125. The lowest BCUT2D eigenvalue weighted by atomic mass is 9.97. The molecule has 32 heavy (non-hydrogen) atoms. The fraction of sp³-hybridized carbons (Fsp3) is 0.739. The highest BCUT2D eigenvalue weighted by Gasteiger charge is 2.29. The Morgan fingerprint density at radius 3 is 2.91 bits per heavy atom. The zero-order valence-corrected chi connectivity index (χ0v) is 19.0. The summed E-state index contributed by atoms with van der Waals surface area (Å²) < 4.78 is 7.67. The first-order valence-corrected chi connectivity index (χ1v) is 12.3. The molecule has 1 atom stereocenters. The van der Waals surface area contributed by atoms with Crippen LogP contribution in [0.3, 0.4) is 0 Å². The van der Waals surface area contributed by atoms with Gasteiger partial charge in [-0.25, -0.2) is 15.0 Å². The van der Waals surface area contributed by atoms with Crippen LogP contribution in [0.4, 0.5) is 5.82 Å². The summed E-state index contributed by atoms with van der Waals surface area (Å²) in [6.45, 7) is 7.98. The molecule has 2 aromatic heterocycles. The van der Waals surface area contributed by atoms with Gasteiger partial charge in [-0.3, -0.25) is 9.69 Å². The van der Waals surface area contributed by atoms with Crippen molar-refractivity contribution in [3.8, 4) is 0 Å². The van der Waals surface area contributed by atoms with Gasteiger partial charge in [-0.05, 0) is 38.6 Å². The predicted molar refractivity (Wildman–Crippen MR) is 123 cm³/mol. The molecule has 5 heterocycles. The van der Waals surface area contributed by atoms with Crippen LogP contribution in [0.5, 0.6) is 0 Å². The highest BCUT2D eigenvalue weighted by Crippen LogP contribution is 2.29. The fourth-order valence-electron chi connectivity index (χ4n) is 5.22. The van der Waals surface area contributed by atoms with Crippen molar-refractivity contribution in [3.05, 3.63) is 12.2 Å². The lowest BCUT2D eigenvalue weighted by Gasteiger charge is -2.33. The minimum atomic E-state index is -0.00223. The molecule has 2 fully saturated rings. The monoisotopic (exact) mass is 441 g/mol. The Bertz CT molecular complexity index is 924. The number of carbonyl (C=O) groups is 1. The van der Waals surface area contributed by atoms with Gasteiger partial charge in [0.1, 0.15) is 12.2 Å². The first-order chi connectivity index (χ1) is 15.8. The van der Waals surface area contributed by atoms with Crippen LogP contribution in [0.1, 0.15) is 44.3 Å². The normalized spacial score (nSPS) is 22.5. The van der Waals surface area contributed by atoms with E-state index in [1.807, 2.05) is 0 Å². The zero-order valence-electron chi connectivity index (χ0n) is 19.0. The van der Waals surface area contributed by atoms with Gasteiger partial charge in [0.05, 0.1) is 19.1 Å². The van der Waals surface area contributed by atoms with E-state index in [0.29, 0.717) is 6.54 Å². The van der Waals surface area contributed by atoms with Crippen LogP contribution in [-0.2, 0) is 22.5 Å². The molecule has 2 aromatic rings. The lowest BCUT2D eigenvalue weighted by Crippen LogP contribution is -2.44. The molecule has 9 nitrogen and oxygen atoms in total. The smallest absolute Gasteiger partial charge is 0.224 e. The summed E-state index contributed by atoms with van der Waals surface area (Å²) in [7, 11) is 0. The number of nitrogens with zero attached hydrogens (tertiary/aromatic N) is 6. The van der Waals surface area contributed by atoms with Gasteiger partial charge in [-0.2, -0.15) is 0 Å². The molecule has 0 radical (unpaired) electrons. The van der Waals surface area contributed by atoms with Crippen molar-refractivity contribution in [1.82, 2.24) is 29.7 Å². The van der Waals surface area contributed by atoms with Crippen molar-refractivity contribution in [2.75, 3.05) is 57.4 Å². The first-order valence-electron chi connectivity index (χ1n) is 12.3. The predicted octanol–water partition coefficient (Wildman–Crippen LogP) is 1.61. The molecule has 1 N–H and O–H groups in total. The van der Waals surface area contributed by atoms with Crippen molar-refractivity contribution < 1.29 is 9.53 Å². The summed E-state index contributed by atoms with van der Waals surface area (Å²) in [5, 5.41) is 3.17. The van der Waals surface area contributed by atoms with Crippen LogP contribution >= 0.6 is 0 Å². The molecule has 0 aromatic carbocycles. The van der Waals surface area contributed by atoms with E-state index in [4.69, 9.17) is 9.72 Å². The summed E-state index contributed by atoms with van der Waals surface area (Å²) in [5.74, 6) is 2.19. The zero-order chi connectivity index (χ0) is 21.8. The second-order valence-electron chi connectivity index (χ2n) is 9.24. The van der Waals surface area contributed by atoms with E-state index in [-0.39, 0.29) is 11.8 Å². The van der Waals surface area contributed by atoms with E-state index in [1.54, 1.807) is 6.33 Å². The van der Waals surface area contributed by atoms with E-state index >= 15 is 0 Å². The molecule has 0 saturated carbocycles. The summed E-state index contributed by atoms with van der Waals surface area (Å²) in [5.41, 5.74) is 1.84. The molecule has 3 aliphatic rings. The van der Waals surface area contributed by atoms with Gasteiger partial charge in [0.2, 0.25) is 5.91 Å². The number of hydrogen-bond donors (Lipinski definition) is 1. The van der Waals surface area contributed by atoms with Gasteiger partial charge in [0.25, 0.3) is 0 Å². The third-order valence-corrected chi connectivity index (χ3v) is 7.02. The van der Waals surface area contributed by atoms with Gasteiger partial charge < -0.3 is 19.5 Å². The topological polar surface area (TPSA) is 88.4 Å². The number of piperidine rings is 1. The number of morpholine rings is 1. The maximum atomic E-state index is 12.9. The molecule has 0 unspecified atom stereocenters. The summed E-state index contributed by atoms with van der Waals surface area (Å²) in [4.78, 5) is 31.6. The second kappa shape index (κ2) is 10.1. The third kappa shape index (κ3) is 4.73. The van der Waals surface area contributed by atoms with E-state index in [2.05, 4.69) is 29.7 Å². The van der Waals surface area contributed by atoms with Gasteiger partial charge in [0, 0.05) is 45.7 Å². The van der Waals surface area contributed by atoms with Crippen LogP contribution in [-0.4, -0.2) is 82.8 Å². The van der Waals surface area contributed by atoms with E-state index < -0.39 is 0 Å². The maximum Gasteiger partial charge on any atom is 0.224 e. The number of ether oxygens (including phenoxy) is 1. The minimum absolute atomic E-state index is 0.00223. The van der Waals surface area contributed by atoms with Crippen molar-refractivity contribution >= 4 is 22.9 Å². The number of fused-ring (bicyclic) bond motifs is 3. The van der Waals surface area contributed by atoms with Crippen LogP contribution in [0.15, 0.2) is 6.33 Å². The molecule has 9 heteroatoms. The molecule has 174 valence electrons. The van der Waals surface area contributed by atoms with Crippen LogP contribution in [0, 0.1) is 5.92 Å². The number of carbonyl (C=O) groups excluding carboxylic acids is 1. The van der Waals surface area contributed by atoms with Crippen molar-refractivity contribution in [1.29, 1.82) is 0 Å². The van der Waals surface area contributed by atoms with Gasteiger partial charge in [0.15, 0.2) is 17.0 Å². The van der Waals surface area contributed by atoms with E-state index in [0.717, 1.165) is 101 Å². The quantitative estimate of drug-likeness (QED) is 0.682. The average Bonchev–Trinajstić information content (AvgIpc) is 3.03. The van der Waals surface area contributed by atoms with E-state index in [1.165, 1.54) is 19.3 Å². The van der Waals surface area contributed by atoms with Crippen molar-refractivity contribution in [2.24, 2.45) is 5.92 Å². The summed E-state index contributed by atoms with van der Waals surface area (Å²) in [6, 6.07) is 0. The third-order valence-electron chi connectivity index (χ3n) is 7.02. The number of nitrogens with one attached hydrogen (secondary N) is 1. The van der Waals surface area contributed by atoms with Crippen LogP contribution in [0.25, 0.3) is 11.2 Å². The molecule has 2 saturated heterocycles. The SMILES string of the molecule is O=C(NCCCN1CCOCC1)[C@H]1CCCN(c2ncnc3c2nc2n3CCCCC2)C1. The number of amides is 1. The largest absolute Gasteiger partial charge is 0.379 e. The number of imidazole rings is 1. The van der Waals surface area contributed by atoms with Crippen molar-refractivity contribution in [3.63, 3.8) is 0 Å². The Morgan fingerprint density at radius 1 is 1.09 bits per heavy atom. The highest BCUT2D eigenvalue weighted by atomic mass is 16.5. The Kier molecular flexibility index (Phi) is 6.83. The van der Waals surface area contributed by atoms with E-state index in [9.17, 15) is 4.79 Å². The van der Waals surface area contributed by atoms with Crippen LogP contribution in [0.2, 0.25) is 0 Å². The number of rotatable bonds is 6. The van der Waals surface area contributed by atoms with Crippen molar-refractivity contribution in [2.45, 2.75) is 51.5 Å². The summed E-state index contributed by atoms with van der Waals surface area (Å²) in [6.07, 6.45) is 9.18. The van der Waals surface area contributed by atoms with Crippen LogP contribution < -0.4 is 10.2 Å². The Balaban J connectivity index is 1.20. The summed E-state index contributed by atoms with van der Waals surface area (Å²) >= 11 is 0. The number of hydrogen-bond acceptors (Lipinski definition) is 7. The Morgan fingerprint density at radius 2 is 2.00 bits per heavy atom. The van der Waals surface area contributed by atoms with Gasteiger partial charge in [-0.15, -0.1) is 0 Å². The van der Waals surface area contributed by atoms with Gasteiger partial charge in [-0.1, -0.05) is 6.42 Å². The molecule has 5 rings (SSSR count). The molecular weight excluding hydrogens is 406 g/mol. The Hall–Kier alpha value is -2.26. The molecular formula is C23H35N7O2. The first kappa shape index (κ1) is 21.6. The number of anilines is 1. The maximum absolute atomic E-state index is 12.9. The Labute approximate surface area is 189 Å². The second-order valence-corrected chi connectivity index (χ2v) is 9.24. The number of aromatic nitrogens is 4. The standard InChI is InChI=1S/C23H35N7O2/c31-23(24-8-5-9-28-12-14-32-15-13-28)18-6-4-10-29(16-18)21-20-22(26-17-25-21)30-11-3-1-2-7-19(30)27-20/h17-18H,1-16H2,(H,24,31)/t18-/m0/s1. The molecule has 0 spiro atoms. The fourth-order valence-corrected chi connectivity index (χ4v) is 5.22. The minimum Gasteiger partial charge on any atom is -0.379 e. The molecule has 1 amide bonds. The average molecular weight is 442 g/mol. The molecule has 0 aliphatic carbocycles. The molecule has 0 bridgehead atoms. The molecule has 3 aliphatic heterocycles. The highest BCUT2D eigenvalue weighted by molar-refractivity contribution is 5.85. The van der Waals surface area contributed by atoms with Gasteiger partial charge >= 0.3 is 0 Å². The number of aryl methyl sites for hydroxylation is 2.